The molecular formula is C11H24N2O2. The fraction of sp³-hybridized carbons (Fsp3) is 0.909. The number of unbranched alkanes of at least 4 members (excludes halogenated alkanes) is 4. The molecule has 0 rings (SSSR count). The van der Waals surface area contributed by atoms with E-state index < -0.39 is 11.9 Å². The molecule has 0 spiro atoms. The van der Waals surface area contributed by atoms with Crippen LogP contribution in [0.1, 0.15) is 45.4 Å². The van der Waals surface area contributed by atoms with Crippen LogP contribution in [0.5, 0.6) is 0 Å². The first-order chi connectivity index (χ1) is 7.18. The summed E-state index contributed by atoms with van der Waals surface area (Å²) < 4.78 is 5.35. The quantitative estimate of drug-likeness (QED) is 0.538. The van der Waals surface area contributed by atoms with E-state index in [1.807, 2.05) is 0 Å². The molecule has 0 aromatic heterocycles. The molecule has 4 N–H and O–H groups in total. The van der Waals surface area contributed by atoms with Crippen LogP contribution in [-0.4, -0.2) is 25.2 Å². The lowest BCUT2D eigenvalue weighted by molar-refractivity contribution is -0.119. The SMILES string of the molecule is CCCCCCCOCCC(N)C(N)=O. The molecule has 90 valence electrons. The highest BCUT2D eigenvalue weighted by Crippen LogP contribution is 2.02. The van der Waals surface area contributed by atoms with Gasteiger partial charge in [0.05, 0.1) is 6.04 Å². The molecule has 0 fully saturated rings. The van der Waals surface area contributed by atoms with Gasteiger partial charge in [-0.15, -0.1) is 0 Å². The van der Waals surface area contributed by atoms with Gasteiger partial charge in [-0.2, -0.15) is 0 Å². The molecule has 0 saturated heterocycles. The van der Waals surface area contributed by atoms with Crippen molar-refractivity contribution in [2.24, 2.45) is 11.5 Å². The molecule has 0 aliphatic carbocycles. The zero-order chi connectivity index (χ0) is 11.5. The molecule has 0 aliphatic heterocycles. The van der Waals surface area contributed by atoms with Crippen molar-refractivity contribution >= 4 is 5.91 Å². The second kappa shape index (κ2) is 9.93. The summed E-state index contributed by atoms with van der Waals surface area (Å²) in [6, 6.07) is -0.565. The van der Waals surface area contributed by atoms with E-state index in [0.29, 0.717) is 13.0 Å². The van der Waals surface area contributed by atoms with Crippen LogP contribution in [0.2, 0.25) is 0 Å². The molecule has 0 radical (unpaired) electrons. The van der Waals surface area contributed by atoms with Crippen LogP contribution in [0.15, 0.2) is 0 Å². The lowest BCUT2D eigenvalue weighted by Crippen LogP contribution is -2.37. The van der Waals surface area contributed by atoms with Crippen LogP contribution in [0.4, 0.5) is 0 Å². The van der Waals surface area contributed by atoms with E-state index in [9.17, 15) is 4.79 Å². The molecule has 0 aliphatic rings. The van der Waals surface area contributed by atoms with Crippen LogP contribution < -0.4 is 11.5 Å². The van der Waals surface area contributed by atoms with Gasteiger partial charge >= 0.3 is 0 Å². The van der Waals surface area contributed by atoms with Gasteiger partial charge in [-0.25, -0.2) is 0 Å². The summed E-state index contributed by atoms with van der Waals surface area (Å²) in [7, 11) is 0. The van der Waals surface area contributed by atoms with Crippen molar-refractivity contribution in [1.82, 2.24) is 0 Å². The molecule has 0 aromatic carbocycles. The predicted octanol–water partition coefficient (Wildman–Crippen LogP) is 1.18. The second-order valence-corrected chi connectivity index (χ2v) is 3.82. The van der Waals surface area contributed by atoms with Crippen LogP contribution in [-0.2, 0) is 9.53 Å². The van der Waals surface area contributed by atoms with E-state index in [-0.39, 0.29) is 0 Å². The van der Waals surface area contributed by atoms with E-state index in [4.69, 9.17) is 16.2 Å². The molecule has 15 heavy (non-hydrogen) atoms. The number of carbonyl (C=O) groups is 1. The minimum Gasteiger partial charge on any atom is -0.381 e. The molecule has 0 bridgehead atoms. The average Bonchev–Trinajstić information content (AvgIpc) is 2.21. The minimum atomic E-state index is -0.565. The van der Waals surface area contributed by atoms with Gasteiger partial charge in [0.15, 0.2) is 0 Å². The van der Waals surface area contributed by atoms with Crippen molar-refractivity contribution in [2.75, 3.05) is 13.2 Å². The Kier molecular flexibility index (Phi) is 9.52. The van der Waals surface area contributed by atoms with E-state index in [1.54, 1.807) is 0 Å². The number of carbonyl (C=O) groups excluding carboxylic acids is 1. The summed E-state index contributed by atoms with van der Waals surface area (Å²) in [6.07, 6.45) is 6.66. The summed E-state index contributed by atoms with van der Waals surface area (Å²) in [5.41, 5.74) is 10.5. The number of amides is 1. The largest absolute Gasteiger partial charge is 0.381 e. The third kappa shape index (κ3) is 9.69. The number of ether oxygens (including phenoxy) is 1. The number of primary amides is 1. The first kappa shape index (κ1) is 14.4. The van der Waals surface area contributed by atoms with Crippen LogP contribution in [0, 0.1) is 0 Å². The summed E-state index contributed by atoms with van der Waals surface area (Å²) in [6.45, 7) is 3.48. The molecule has 4 heteroatoms. The van der Waals surface area contributed by atoms with Crippen LogP contribution in [0.3, 0.4) is 0 Å². The molecule has 0 aromatic rings. The fourth-order valence-corrected chi connectivity index (χ4v) is 1.26. The maximum Gasteiger partial charge on any atom is 0.234 e. The summed E-state index contributed by atoms with van der Waals surface area (Å²) in [5, 5.41) is 0. The van der Waals surface area contributed by atoms with Crippen LogP contribution >= 0.6 is 0 Å². The molecule has 4 nitrogen and oxygen atoms in total. The highest BCUT2D eigenvalue weighted by molar-refractivity contribution is 5.79. The number of rotatable bonds is 10. The van der Waals surface area contributed by atoms with Gasteiger partial charge in [-0.1, -0.05) is 32.6 Å². The Morgan fingerprint density at radius 2 is 1.87 bits per heavy atom. The van der Waals surface area contributed by atoms with Crippen molar-refractivity contribution in [3.63, 3.8) is 0 Å². The minimum absolute atomic E-state index is 0.457. The molecule has 0 heterocycles. The zero-order valence-electron chi connectivity index (χ0n) is 9.71. The maximum atomic E-state index is 10.6. The first-order valence-electron chi connectivity index (χ1n) is 5.81. The van der Waals surface area contributed by atoms with Crippen molar-refractivity contribution in [3.05, 3.63) is 0 Å². The van der Waals surface area contributed by atoms with Gasteiger partial charge in [0, 0.05) is 13.2 Å². The van der Waals surface area contributed by atoms with Crippen molar-refractivity contribution in [2.45, 2.75) is 51.5 Å². The smallest absolute Gasteiger partial charge is 0.234 e. The van der Waals surface area contributed by atoms with Crippen molar-refractivity contribution in [1.29, 1.82) is 0 Å². The topological polar surface area (TPSA) is 78.3 Å². The summed E-state index contributed by atoms with van der Waals surface area (Å²) in [4.78, 5) is 10.6. The fourth-order valence-electron chi connectivity index (χ4n) is 1.26. The average molecular weight is 216 g/mol. The Labute approximate surface area is 92.3 Å². The molecule has 0 saturated carbocycles. The maximum absolute atomic E-state index is 10.6. The molecule has 1 unspecified atom stereocenters. The van der Waals surface area contributed by atoms with Gasteiger partial charge in [0.2, 0.25) is 5.91 Å². The van der Waals surface area contributed by atoms with Crippen molar-refractivity contribution in [3.8, 4) is 0 Å². The standard InChI is InChI=1S/C11H24N2O2/c1-2-3-4-5-6-8-15-9-7-10(12)11(13)14/h10H,2-9,12H2,1H3,(H2,13,14). The van der Waals surface area contributed by atoms with Gasteiger partial charge in [-0.05, 0) is 12.8 Å². The lowest BCUT2D eigenvalue weighted by Gasteiger charge is -2.07. The molecule has 1 amide bonds. The van der Waals surface area contributed by atoms with Gasteiger partial charge in [0.25, 0.3) is 0 Å². The number of hydrogen-bond donors (Lipinski definition) is 2. The third-order valence-electron chi connectivity index (χ3n) is 2.33. The van der Waals surface area contributed by atoms with Crippen molar-refractivity contribution < 1.29 is 9.53 Å². The van der Waals surface area contributed by atoms with E-state index in [0.717, 1.165) is 13.0 Å². The Balaban J connectivity index is 3.08. The third-order valence-corrected chi connectivity index (χ3v) is 2.33. The molecule has 1 atom stereocenters. The Morgan fingerprint density at radius 1 is 1.20 bits per heavy atom. The van der Waals surface area contributed by atoms with E-state index in [2.05, 4.69) is 6.92 Å². The summed E-state index contributed by atoms with van der Waals surface area (Å²) >= 11 is 0. The predicted molar refractivity (Wildman–Crippen MR) is 61.4 cm³/mol. The Bertz CT molecular complexity index is 163. The molecular weight excluding hydrogens is 192 g/mol. The summed E-state index contributed by atoms with van der Waals surface area (Å²) in [5.74, 6) is -0.457. The van der Waals surface area contributed by atoms with Gasteiger partial charge < -0.3 is 16.2 Å². The Hall–Kier alpha value is -0.610. The van der Waals surface area contributed by atoms with Crippen LogP contribution in [0.25, 0.3) is 0 Å². The van der Waals surface area contributed by atoms with Gasteiger partial charge in [-0.3, -0.25) is 4.79 Å². The monoisotopic (exact) mass is 216 g/mol. The van der Waals surface area contributed by atoms with E-state index >= 15 is 0 Å². The normalized spacial score (nSPS) is 12.7. The number of nitrogens with two attached hydrogens (primary N) is 2. The van der Waals surface area contributed by atoms with E-state index in [1.165, 1.54) is 25.7 Å². The van der Waals surface area contributed by atoms with Gasteiger partial charge in [0.1, 0.15) is 0 Å². The second-order valence-electron chi connectivity index (χ2n) is 3.82. The highest BCUT2D eigenvalue weighted by Gasteiger charge is 2.07. The first-order valence-corrected chi connectivity index (χ1v) is 5.81. The zero-order valence-corrected chi connectivity index (χ0v) is 9.71. The lowest BCUT2D eigenvalue weighted by atomic mass is 10.2. The highest BCUT2D eigenvalue weighted by atomic mass is 16.5. The number of hydrogen-bond acceptors (Lipinski definition) is 3. The Morgan fingerprint density at radius 3 is 2.47 bits per heavy atom.